The van der Waals surface area contributed by atoms with Gasteiger partial charge in [-0.2, -0.15) is 4.31 Å². The van der Waals surface area contributed by atoms with Crippen LogP contribution in [0.1, 0.15) is 19.8 Å². The predicted octanol–water partition coefficient (Wildman–Crippen LogP) is 2.04. The Morgan fingerprint density at radius 1 is 1.13 bits per heavy atom. The molecule has 2 aliphatic heterocycles. The highest BCUT2D eigenvalue weighted by Crippen LogP contribution is 2.53. The van der Waals surface area contributed by atoms with Crippen molar-refractivity contribution in [2.24, 2.45) is 17.8 Å². The summed E-state index contributed by atoms with van der Waals surface area (Å²) < 4.78 is 38.6. The number of ether oxygens (including phenoxy) is 2. The second-order valence-electron chi connectivity index (χ2n) is 8.33. The van der Waals surface area contributed by atoms with E-state index in [2.05, 4.69) is 0 Å². The van der Waals surface area contributed by atoms with Crippen molar-refractivity contribution in [1.29, 1.82) is 0 Å². The van der Waals surface area contributed by atoms with E-state index in [0.717, 1.165) is 17.7 Å². The largest absolute Gasteiger partial charge is 0.509 e. The molecule has 11 heteroatoms. The standard InChI is InChI=1S/C20H20N2O8S/c1-2-10-9-21(31(27,28)12-5-3-11(4-6-12)22(25)26)15-7-13(10)17-14(18(15)23)8-16-19(17)30-20(24)29-16/h2-6,13-17,19H,7-9H2,1H3/b10-2-/t13-,14-,15-,16+,17+,19+/m0/s1. The van der Waals surface area contributed by atoms with Crippen LogP contribution >= 0.6 is 0 Å². The number of non-ortho nitro benzene ring substituents is 1. The quantitative estimate of drug-likeness (QED) is 0.297. The van der Waals surface area contributed by atoms with Crippen molar-refractivity contribution in [3.63, 3.8) is 0 Å². The van der Waals surface area contributed by atoms with Crippen LogP contribution in [0, 0.1) is 27.9 Å². The summed E-state index contributed by atoms with van der Waals surface area (Å²) in [6.07, 6.45) is 0.811. The molecule has 6 atom stereocenters. The molecule has 5 rings (SSSR count). The van der Waals surface area contributed by atoms with Crippen LogP contribution in [0.4, 0.5) is 10.5 Å². The number of piperidine rings is 1. The van der Waals surface area contributed by atoms with E-state index in [4.69, 9.17) is 9.47 Å². The highest BCUT2D eigenvalue weighted by Gasteiger charge is 2.63. The van der Waals surface area contributed by atoms with Gasteiger partial charge < -0.3 is 9.47 Å². The highest BCUT2D eigenvalue weighted by atomic mass is 32.2. The van der Waals surface area contributed by atoms with Crippen molar-refractivity contribution < 1.29 is 32.4 Å². The number of nitrogens with zero attached hydrogens (tertiary/aromatic N) is 2. The van der Waals surface area contributed by atoms with E-state index in [0.29, 0.717) is 12.8 Å². The van der Waals surface area contributed by atoms with Gasteiger partial charge in [-0.3, -0.25) is 14.9 Å². The monoisotopic (exact) mass is 448 g/mol. The number of benzene rings is 1. The third-order valence-corrected chi connectivity index (χ3v) is 8.87. The van der Waals surface area contributed by atoms with Crippen LogP contribution < -0.4 is 0 Å². The zero-order chi connectivity index (χ0) is 22.1. The SMILES string of the molecule is C/C=C1/CN(S(=O)(=O)c2ccc([N+](=O)[O-])cc2)[C@H]2C[C@@H]1[C@H]1[C@@H]3OC(=O)O[C@@H]3C[C@@H]1C2=O. The van der Waals surface area contributed by atoms with E-state index in [-0.39, 0.29) is 34.7 Å². The molecule has 2 bridgehead atoms. The van der Waals surface area contributed by atoms with E-state index < -0.39 is 45.3 Å². The van der Waals surface area contributed by atoms with Gasteiger partial charge in [0.05, 0.1) is 15.9 Å². The molecule has 2 saturated heterocycles. The van der Waals surface area contributed by atoms with Gasteiger partial charge in [0.25, 0.3) is 5.69 Å². The first-order valence-corrected chi connectivity index (χ1v) is 11.5. The number of ketones is 1. The zero-order valence-corrected chi connectivity index (χ0v) is 17.4. The normalized spacial score (nSPS) is 36.0. The molecule has 2 heterocycles. The Morgan fingerprint density at radius 3 is 2.48 bits per heavy atom. The lowest BCUT2D eigenvalue weighted by atomic mass is 9.65. The van der Waals surface area contributed by atoms with Gasteiger partial charge in [-0.15, -0.1) is 0 Å². The van der Waals surface area contributed by atoms with Gasteiger partial charge in [0.1, 0.15) is 12.2 Å². The van der Waals surface area contributed by atoms with Gasteiger partial charge in [0.15, 0.2) is 5.78 Å². The lowest BCUT2D eigenvalue weighted by Gasteiger charge is -2.48. The van der Waals surface area contributed by atoms with Crippen molar-refractivity contribution in [1.82, 2.24) is 4.31 Å². The Bertz CT molecular complexity index is 1110. The summed E-state index contributed by atoms with van der Waals surface area (Å²) in [5.74, 6) is -0.922. The molecule has 0 aromatic heterocycles. The predicted molar refractivity (Wildman–Crippen MR) is 104 cm³/mol. The second-order valence-corrected chi connectivity index (χ2v) is 10.2. The van der Waals surface area contributed by atoms with Crippen LogP contribution in [0.5, 0.6) is 0 Å². The Kier molecular flexibility index (Phi) is 4.45. The molecule has 0 spiro atoms. The number of hydrogen-bond donors (Lipinski definition) is 0. The van der Waals surface area contributed by atoms with Gasteiger partial charge in [-0.1, -0.05) is 11.6 Å². The average Bonchev–Trinajstić information content (AvgIpc) is 3.27. The smallest absolute Gasteiger partial charge is 0.427 e. The molecule has 4 aliphatic rings. The fourth-order valence-electron chi connectivity index (χ4n) is 5.63. The average molecular weight is 448 g/mol. The summed E-state index contributed by atoms with van der Waals surface area (Å²) in [4.78, 5) is 35.1. The molecule has 2 saturated carbocycles. The van der Waals surface area contributed by atoms with Gasteiger partial charge in [0, 0.05) is 30.5 Å². The van der Waals surface area contributed by atoms with Crippen LogP contribution in [-0.4, -0.2) is 54.4 Å². The molecule has 0 N–H and O–H groups in total. The van der Waals surface area contributed by atoms with Crippen LogP contribution in [0.2, 0.25) is 0 Å². The van der Waals surface area contributed by atoms with E-state index >= 15 is 0 Å². The number of nitro benzene ring substituents is 1. The maximum absolute atomic E-state index is 13.4. The Labute approximate surface area is 178 Å². The fourth-order valence-corrected chi connectivity index (χ4v) is 7.22. The first-order valence-electron chi connectivity index (χ1n) is 10.0. The topological polar surface area (TPSA) is 133 Å². The van der Waals surface area contributed by atoms with Crippen molar-refractivity contribution >= 4 is 27.6 Å². The van der Waals surface area contributed by atoms with Gasteiger partial charge >= 0.3 is 6.16 Å². The number of sulfonamides is 1. The molecule has 164 valence electrons. The van der Waals surface area contributed by atoms with Gasteiger partial charge in [0.2, 0.25) is 10.0 Å². The van der Waals surface area contributed by atoms with E-state index in [9.17, 15) is 28.1 Å². The highest BCUT2D eigenvalue weighted by molar-refractivity contribution is 7.89. The maximum Gasteiger partial charge on any atom is 0.509 e. The van der Waals surface area contributed by atoms with Crippen LogP contribution in [0.25, 0.3) is 0 Å². The Hall–Kier alpha value is -2.79. The third-order valence-electron chi connectivity index (χ3n) is 7.00. The van der Waals surface area contributed by atoms with Crippen molar-refractivity contribution in [2.45, 2.75) is 42.9 Å². The summed E-state index contributed by atoms with van der Waals surface area (Å²) in [6.45, 7) is 1.87. The van der Waals surface area contributed by atoms with Crippen molar-refractivity contribution in [2.75, 3.05) is 6.54 Å². The fraction of sp³-hybridized carbons (Fsp3) is 0.500. The van der Waals surface area contributed by atoms with E-state index in [1.807, 2.05) is 13.0 Å². The molecule has 10 nitrogen and oxygen atoms in total. The molecule has 0 unspecified atom stereocenters. The van der Waals surface area contributed by atoms with Crippen LogP contribution in [0.15, 0.2) is 40.8 Å². The molecule has 0 amide bonds. The van der Waals surface area contributed by atoms with E-state index in [1.165, 1.54) is 16.4 Å². The minimum atomic E-state index is -4.05. The third kappa shape index (κ3) is 2.90. The number of rotatable bonds is 3. The molecule has 1 aromatic rings. The number of carbonyl (C=O) groups excluding carboxylic acids is 2. The van der Waals surface area contributed by atoms with Gasteiger partial charge in [-0.05, 0) is 37.8 Å². The van der Waals surface area contributed by atoms with Crippen molar-refractivity contribution in [3.05, 3.63) is 46.0 Å². The zero-order valence-electron chi connectivity index (χ0n) is 16.5. The second kappa shape index (κ2) is 6.86. The first kappa shape index (κ1) is 20.1. The number of hydrogen-bond acceptors (Lipinski definition) is 8. The summed E-state index contributed by atoms with van der Waals surface area (Å²) >= 11 is 0. The van der Waals surface area contributed by atoms with Crippen molar-refractivity contribution in [3.8, 4) is 0 Å². The molecular formula is C20H20N2O8S. The number of nitro groups is 1. The molecule has 4 fully saturated rings. The number of Topliss-reactive ketones (excluding diaryl/α,β-unsaturated/α-hetero) is 1. The summed E-state index contributed by atoms with van der Waals surface area (Å²) in [5.41, 5.74) is 0.656. The minimum absolute atomic E-state index is 0.0479. The number of carbonyl (C=O) groups is 2. The lowest BCUT2D eigenvalue weighted by Crippen LogP contribution is -2.58. The maximum atomic E-state index is 13.4. The molecule has 1 aromatic carbocycles. The number of fused-ring (bicyclic) bond motifs is 6. The van der Waals surface area contributed by atoms with E-state index in [1.54, 1.807) is 0 Å². The van der Waals surface area contributed by atoms with Gasteiger partial charge in [-0.25, -0.2) is 13.2 Å². The molecular weight excluding hydrogens is 428 g/mol. The molecule has 0 radical (unpaired) electrons. The lowest BCUT2D eigenvalue weighted by molar-refractivity contribution is -0.384. The summed E-state index contributed by atoms with van der Waals surface area (Å²) in [5, 5.41) is 10.9. The van der Waals surface area contributed by atoms with Crippen LogP contribution in [0.3, 0.4) is 0 Å². The Balaban J connectivity index is 1.50. The molecule has 31 heavy (non-hydrogen) atoms. The minimum Gasteiger partial charge on any atom is -0.427 e. The Morgan fingerprint density at radius 2 is 1.84 bits per heavy atom. The summed E-state index contributed by atoms with van der Waals surface area (Å²) in [6, 6.07) is 3.83. The number of allylic oxidation sites excluding steroid dienone is 1. The first-order chi connectivity index (χ1) is 14.7. The summed E-state index contributed by atoms with van der Waals surface area (Å²) in [7, 11) is -4.05. The molecule has 2 aliphatic carbocycles. The van der Waals surface area contributed by atoms with Crippen LogP contribution in [-0.2, 0) is 24.3 Å².